The van der Waals surface area contributed by atoms with E-state index >= 15 is 0 Å². The average Bonchev–Trinajstić information content (AvgIpc) is 3.28. The van der Waals surface area contributed by atoms with Gasteiger partial charge >= 0.3 is 0 Å². The van der Waals surface area contributed by atoms with Crippen molar-refractivity contribution in [1.82, 2.24) is 20.8 Å². The fraction of sp³-hybridized carbons (Fsp3) is 0.333. The molecule has 0 spiro atoms. The first-order chi connectivity index (χ1) is 12.2. The van der Waals surface area contributed by atoms with Gasteiger partial charge in [0.15, 0.2) is 0 Å². The van der Waals surface area contributed by atoms with Gasteiger partial charge < -0.3 is 15.4 Å². The van der Waals surface area contributed by atoms with Gasteiger partial charge in [-0.3, -0.25) is 10.0 Å². The zero-order valence-electron chi connectivity index (χ0n) is 13.8. The third-order valence-corrected chi connectivity index (χ3v) is 4.46. The van der Waals surface area contributed by atoms with Gasteiger partial charge in [0.1, 0.15) is 0 Å². The van der Waals surface area contributed by atoms with E-state index < -0.39 is 5.91 Å². The summed E-state index contributed by atoms with van der Waals surface area (Å²) in [6, 6.07) is 6.23. The fourth-order valence-corrected chi connectivity index (χ4v) is 3.25. The Morgan fingerprint density at radius 1 is 1.48 bits per heavy atom. The lowest BCUT2D eigenvalue weighted by Gasteiger charge is -2.21. The molecular weight excluding hydrogens is 320 g/mol. The maximum Gasteiger partial charge on any atom is 0.267 e. The number of hydroxylamine groups is 1. The molecule has 0 aliphatic heterocycles. The zero-order chi connectivity index (χ0) is 17.6. The maximum absolute atomic E-state index is 11.1. The van der Waals surface area contributed by atoms with Crippen molar-refractivity contribution in [3.05, 3.63) is 59.2 Å². The van der Waals surface area contributed by atoms with Crippen molar-refractivity contribution in [3.8, 4) is 0 Å². The molecule has 1 aliphatic carbocycles. The number of amides is 1. The van der Waals surface area contributed by atoms with Crippen LogP contribution in [-0.4, -0.2) is 38.8 Å². The molecule has 1 heterocycles. The zero-order valence-corrected chi connectivity index (χ0v) is 13.8. The number of rotatable bonds is 7. The molecule has 0 fully saturated rings. The second kappa shape index (κ2) is 8.06. The van der Waals surface area contributed by atoms with Gasteiger partial charge in [-0.1, -0.05) is 18.2 Å². The number of aryl methyl sites for hydroxylation is 1. The van der Waals surface area contributed by atoms with E-state index in [1.807, 2.05) is 6.07 Å². The first-order valence-corrected chi connectivity index (χ1v) is 8.28. The van der Waals surface area contributed by atoms with Crippen LogP contribution in [0.3, 0.4) is 0 Å². The molecular formula is C18H22N4O3. The number of hydrogen-bond acceptors (Lipinski definition) is 5. The van der Waals surface area contributed by atoms with E-state index in [2.05, 4.69) is 27.4 Å². The standard InChI is InChI=1S/C18H22N4O3/c23-10-15(8-14-9-19-11-20-14)21-17-5-3-13-7-12(1-4-16(13)17)2-6-18(24)22-25/h1-2,4,6-7,9,11,15,17,21,23,25H,3,5,8,10H2,(H,19,20)(H,22,24)/b6-2+. The van der Waals surface area contributed by atoms with E-state index in [0.29, 0.717) is 6.42 Å². The smallest absolute Gasteiger partial charge is 0.267 e. The van der Waals surface area contributed by atoms with Crippen LogP contribution in [0.5, 0.6) is 0 Å². The molecule has 0 saturated carbocycles. The van der Waals surface area contributed by atoms with Crippen molar-refractivity contribution in [3.63, 3.8) is 0 Å². The van der Waals surface area contributed by atoms with Crippen LogP contribution in [0.25, 0.3) is 6.08 Å². The molecule has 0 radical (unpaired) electrons. The van der Waals surface area contributed by atoms with Crippen molar-refractivity contribution in [1.29, 1.82) is 0 Å². The minimum Gasteiger partial charge on any atom is -0.395 e. The Hall–Kier alpha value is -2.48. The van der Waals surface area contributed by atoms with Crippen molar-refractivity contribution < 1.29 is 15.1 Å². The van der Waals surface area contributed by atoms with E-state index in [1.165, 1.54) is 17.2 Å². The van der Waals surface area contributed by atoms with Gasteiger partial charge in [0, 0.05) is 36.5 Å². The van der Waals surface area contributed by atoms with E-state index in [0.717, 1.165) is 24.1 Å². The largest absolute Gasteiger partial charge is 0.395 e. The van der Waals surface area contributed by atoms with Crippen LogP contribution in [-0.2, 0) is 17.6 Å². The average molecular weight is 342 g/mol. The maximum atomic E-state index is 11.1. The molecule has 3 rings (SSSR count). The van der Waals surface area contributed by atoms with Gasteiger partial charge in [0.05, 0.1) is 12.9 Å². The number of H-pyrrole nitrogens is 1. The SMILES string of the molecule is O=C(/C=C/c1ccc2c(c1)CCC2NC(CO)Cc1cnc[nH]1)NO. The molecule has 1 amide bonds. The lowest BCUT2D eigenvalue weighted by molar-refractivity contribution is -0.124. The topological polar surface area (TPSA) is 110 Å². The highest BCUT2D eigenvalue weighted by atomic mass is 16.5. The Kier molecular flexibility index (Phi) is 5.60. The number of hydrogen-bond donors (Lipinski definition) is 5. The molecule has 0 saturated heterocycles. The summed E-state index contributed by atoms with van der Waals surface area (Å²) < 4.78 is 0. The molecule has 25 heavy (non-hydrogen) atoms. The first-order valence-electron chi connectivity index (χ1n) is 8.28. The van der Waals surface area contributed by atoms with Crippen LogP contribution >= 0.6 is 0 Å². The molecule has 7 heteroatoms. The highest BCUT2D eigenvalue weighted by Crippen LogP contribution is 2.32. The number of benzene rings is 1. The quantitative estimate of drug-likeness (QED) is 0.294. The summed E-state index contributed by atoms with van der Waals surface area (Å²) >= 11 is 0. The minimum absolute atomic E-state index is 0.0378. The van der Waals surface area contributed by atoms with Crippen LogP contribution in [0.1, 0.15) is 34.8 Å². The number of imidazole rings is 1. The van der Waals surface area contributed by atoms with Crippen LogP contribution < -0.4 is 10.8 Å². The fourth-order valence-electron chi connectivity index (χ4n) is 3.25. The summed E-state index contributed by atoms with van der Waals surface area (Å²) in [6.45, 7) is 0.0575. The Morgan fingerprint density at radius 2 is 2.36 bits per heavy atom. The number of carbonyl (C=O) groups excluding carboxylic acids is 1. The van der Waals surface area contributed by atoms with E-state index in [-0.39, 0.29) is 18.7 Å². The number of carbonyl (C=O) groups is 1. The summed E-state index contributed by atoms with van der Waals surface area (Å²) in [4.78, 5) is 18.1. The normalized spacial score (nSPS) is 17.6. The van der Waals surface area contributed by atoms with Gasteiger partial charge in [-0.05, 0) is 35.6 Å². The van der Waals surface area contributed by atoms with Crippen LogP contribution in [0.2, 0.25) is 0 Å². The number of aromatic nitrogens is 2. The predicted molar refractivity (Wildman–Crippen MR) is 92.8 cm³/mol. The molecule has 1 aromatic heterocycles. The first kappa shape index (κ1) is 17.3. The highest BCUT2D eigenvalue weighted by Gasteiger charge is 2.24. The van der Waals surface area contributed by atoms with Crippen LogP contribution in [0.4, 0.5) is 0 Å². The lowest BCUT2D eigenvalue weighted by atomic mass is 10.0. The van der Waals surface area contributed by atoms with Crippen molar-refractivity contribution in [2.75, 3.05) is 6.61 Å². The Bertz CT molecular complexity index is 743. The summed E-state index contributed by atoms with van der Waals surface area (Å²) in [5, 5.41) is 21.7. The highest BCUT2D eigenvalue weighted by molar-refractivity contribution is 5.90. The Balaban J connectivity index is 1.67. The van der Waals surface area contributed by atoms with Gasteiger partial charge in [-0.2, -0.15) is 0 Å². The molecule has 2 unspecified atom stereocenters. The Labute approximate surface area is 145 Å². The van der Waals surface area contributed by atoms with Crippen molar-refractivity contribution in [2.45, 2.75) is 31.3 Å². The third kappa shape index (κ3) is 4.33. The second-order valence-corrected chi connectivity index (χ2v) is 6.19. The van der Waals surface area contributed by atoms with E-state index in [4.69, 9.17) is 5.21 Å². The molecule has 0 bridgehead atoms. The summed E-state index contributed by atoms with van der Waals surface area (Å²) in [5.74, 6) is -0.551. The minimum atomic E-state index is -0.551. The molecule has 132 valence electrons. The molecule has 5 N–H and O–H groups in total. The van der Waals surface area contributed by atoms with E-state index in [1.54, 1.807) is 24.1 Å². The van der Waals surface area contributed by atoms with E-state index in [9.17, 15) is 9.90 Å². The van der Waals surface area contributed by atoms with Gasteiger partial charge in [0.2, 0.25) is 0 Å². The number of aliphatic hydroxyl groups is 1. The predicted octanol–water partition coefficient (Wildman–Crippen LogP) is 1.11. The number of fused-ring (bicyclic) bond motifs is 1. The Morgan fingerprint density at radius 3 is 3.08 bits per heavy atom. The number of aliphatic hydroxyl groups excluding tert-OH is 1. The number of nitrogens with one attached hydrogen (secondary N) is 3. The van der Waals surface area contributed by atoms with Crippen molar-refractivity contribution >= 4 is 12.0 Å². The van der Waals surface area contributed by atoms with Crippen LogP contribution in [0.15, 0.2) is 36.8 Å². The number of nitrogens with zero attached hydrogens (tertiary/aromatic N) is 1. The van der Waals surface area contributed by atoms with Crippen molar-refractivity contribution in [2.24, 2.45) is 0 Å². The van der Waals surface area contributed by atoms with Gasteiger partial charge in [-0.15, -0.1) is 0 Å². The number of aromatic amines is 1. The lowest BCUT2D eigenvalue weighted by Crippen LogP contribution is -2.36. The summed E-state index contributed by atoms with van der Waals surface area (Å²) in [6.07, 6.45) is 8.98. The molecule has 7 nitrogen and oxygen atoms in total. The molecule has 1 aromatic carbocycles. The molecule has 2 aromatic rings. The monoisotopic (exact) mass is 342 g/mol. The molecule has 1 aliphatic rings. The second-order valence-electron chi connectivity index (χ2n) is 6.19. The summed E-state index contributed by atoms with van der Waals surface area (Å²) in [7, 11) is 0. The summed E-state index contributed by atoms with van der Waals surface area (Å²) in [5.41, 5.74) is 5.95. The molecule has 2 atom stereocenters. The third-order valence-electron chi connectivity index (χ3n) is 4.46. The van der Waals surface area contributed by atoms with Gasteiger partial charge in [-0.25, -0.2) is 10.5 Å². The van der Waals surface area contributed by atoms with Crippen LogP contribution in [0, 0.1) is 0 Å². The van der Waals surface area contributed by atoms with Gasteiger partial charge in [0.25, 0.3) is 5.91 Å².